The fraction of sp³-hybridized carbons (Fsp3) is 0.375. The van der Waals surface area contributed by atoms with E-state index in [1.54, 1.807) is 36.9 Å². The van der Waals surface area contributed by atoms with E-state index in [4.69, 9.17) is 5.73 Å². The third-order valence-electron chi connectivity index (χ3n) is 6.02. The molecule has 8 nitrogen and oxygen atoms in total. The number of nitrogens with one attached hydrogen (secondary N) is 2. The third-order valence-corrected chi connectivity index (χ3v) is 6.02. The molecule has 4 N–H and O–H groups in total. The van der Waals surface area contributed by atoms with Crippen LogP contribution in [0.15, 0.2) is 55.1 Å². The predicted molar refractivity (Wildman–Crippen MR) is 123 cm³/mol. The van der Waals surface area contributed by atoms with Gasteiger partial charge in [-0.05, 0) is 61.8 Å². The van der Waals surface area contributed by atoms with Gasteiger partial charge in [0.2, 0.25) is 11.9 Å². The van der Waals surface area contributed by atoms with Gasteiger partial charge < -0.3 is 16.4 Å². The minimum Gasteiger partial charge on any atom is -0.354 e. The SMILES string of the molecule is N[C@@H](Cc1ccc(F)cc1)C(=O)NCC1CCC(c2ccnc(Nc3cnccn3)n2)CC1. The molecule has 0 unspecified atom stereocenters. The first-order valence-corrected chi connectivity index (χ1v) is 11.2. The molecule has 9 heteroatoms. The van der Waals surface area contributed by atoms with Crippen molar-refractivity contribution >= 4 is 17.7 Å². The number of carbonyl (C=O) groups is 1. The number of anilines is 2. The number of carbonyl (C=O) groups excluding carboxylic acids is 1. The summed E-state index contributed by atoms with van der Waals surface area (Å²) >= 11 is 0. The second-order valence-electron chi connectivity index (χ2n) is 8.42. The first kappa shape index (κ1) is 22.7. The summed E-state index contributed by atoms with van der Waals surface area (Å²) in [6.45, 7) is 0.617. The molecule has 0 bridgehead atoms. The van der Waals surface area contributed by atoms with Crippen LogP contribution in [-0.4, -0.2) is 38.4 Å². The van der Waals surface area contributed by atoms with Crippen molar-refractivity contribution in [1.82, 2.24) is 25.3 Å². The minimum atomic E-state index is -0.645. The molecule has 1 aliphatic rings. The maximum Gasteiger partial charge on any atom is 0.237 e. The summed E-state index contributed by atoms with van der Waals surface area (Å²) in [5, 5.41) is 6.07. The van der Waals surface area contributed by atoms with Crippen molar-refractivity contribution in [3.63, 3.8) is 0 Å². The van der Waals surface area contributed by atoms with Gasteiger partial charge >= 0.3 is 0 Å². The van der Waals surface area contributed by atoms with Gasteiger partial charge in [-0.25, -0.2) is 19.3 Å². The van der Waals surface area contributed by atoms with E-state index < -0.39 is 6.04 Å². The van der Waals surface area contributed by atoms with Gasteiger partial charge in [0.1, 0.15) is 5.82 Å². The van der Waals surface area contributed by atoms with Gasteiger partial charge in [-0.3, -0.25) is 9.78 Å². The Bertz CT molecular complexity index is 1040. The number of hydrogen-bond acceptors (Lipinski definition) is 7. The molecular weight excluding hydrogens is 421 g/mol. The lowest BCUT2D eigenvalue weighted by Crippen LogP contribution is -2.44. The first-order chi connectivity index (χ1) is 16.1. The predicted octanol–water partition coefficient (Wildman–Crippen LogP) is 3.11. The lowest BCUT2D eigenvalue weighted by Gasteiger charge is -2.28. The highest BCUT2D eigenvalue weighted by molar-refractivity contribution is 5.81. The van der Waals surface area contributed by atoms with E-state index in [1.807, 2.05) is 6.07 Å². The van der Waals surface area contributed by atoms with Crippen LogP contribution >= 0.6 is 0 Å². The summed E-state index contributed by atoms with van der Waals surface area (Å²) in [7, 11) is 0. The number of amides is 1. The fourth-order valence-electron chi connectivity index (χ4n) is 4.14. The van der Waals surface area contributed by atoms with Gasteiger partial charge in [-0.2, -0.15) is 0 Å². The van der Waals surface area contributed by atoms with Crippen LogP contribution in [-0.2, 0) is 11.2 Å². The standard InChI is InChI=1S/C24H28FN7O/c25-19-7-3-16(4-8-19)13-20(26)23(33)30-14-17-1-5-18(6-2-17)21-9-10-29-24(31-21)32-22-15-27-11-12-28-22/h3-4,7-12,15,17-18,20H,1-2,5-6,13-14,26H2,(H,30,33)(H,28,29,31,32)/t17?,18?,20-/m0/s1. The van der Waals surface area contributed by atoms with Crippen molar-refractivity contribution in [3.05, 3.63) is 72.2 Å². The highest BCUT2D eigenvalue weighted by atomic mass is 19.1. The minimum absolute atomic E-state index is 0.169. The van der Waals surface area contributed by atoms with Crippen LogP contribution in [0.4, 0.5) is 16.2 Å². The molecule has 1 fully saturated rings. The van der Waals surface area contributed by atoms with Crippen molar-refractivity contribution in [2.45, 2.75) is 44.1 Å². The van der Waals surface area contributed by atoms with Crippen LogP contribution < -0.4 is 16.4 Å². The maximum atomic E-state index is 13.0. The Hall–Kier alpha value is -3.46. The second kappa shape index (κ2) is 10.9. The molecule has 0 radical (unpaired) electrons. The Morgan fingerprint density at radius 1 is 1.06 bits per heavy atom. The average Bonchev–Trinajstić information content (AvgIpc) is 2.85. The van der Waals surface area contributed by atoms with Gasteiger partial charge in [0, 0.05) is 36.7 Å². The number of aromatic nitrogens is 4. The number of halogens is 1. The molecule has 1 aromatic carbocycles. The zero-order valence-corrected chi connectivity index (χ0v) is 18.3. The number of benzene rings is 1. The molecule has 1 amide bonds. The van der Waals surface area contributed by atoms with E-state index in [0.29, 0.717) is 36.6 Å². The molecular formula is C24H28FN7O. The summed E-state index contributed by atoms with van der Waals surface area (Å²) in [6.07, 6.45) is 11.0. The summed E-state index contributed by atoms with van der Waals surface area (Å²) < 4.78 is 13.0. The molecule has 4 rings (SSSR count). The summed E-state index contributed by atoms with van der Waals surface area (Å²) in [6, 6.07) is 7.39. The molecule has 0 spiro atoms. The highest BCUT2D eigenvalue weighted by Gasteiger charge is 2.24. The van der Waals surface area contributed by atoms with Crippen molar-refractivity contribution in [3.8, 4) is 0 Å². The van der Waals surface area contributed by atoms with E-state index in [1.165, 1.54) is 12.1 Å². The zero-order valence-electron chi connectivity index (χ0n) is 18.3. The van der Waals surface area contributed by atoms with E-state index in [2.05, 4.69) is 30.6 Å². The van der Waals surface area contributed by atoms with Gasteiger partial charge in [0.05, 0.1) is 12.2 Å². The van der Waals surface area contributed by atoms with Crippen molar-refractivity contribution < 1.29 is 9.18 Å². The van der Waals surface area contributed by atoms with E-state index >= 15 is 0 Å². The van der Waals surface area contributed by atoms with Crippen molar-refractivity contribution in [2.75, 3.05) is 11.9 Å². The van der Waals surface area contributed by atoms with E-state index in [0.717, 1.165) is 36.9 Å². The summed E-state index contributed by atoms with van der Waals surface area (Å²) in [5.41, 5.74) is 7.90. The Labute approximate surface area is 192 Å². The number of nitrogens with zero attached hydrogens (tertiary/aromatic N) is 4. The molecule has 1 atom stereocenters. The monoisotopic (exact) mass is 449 g/mol. The molecule has 3 aromatic rings. The van der Waals surface area contributed by atoms with Crippen LogP contribution in [0.5, 0.6) is 0 Å². The first-order valence-electron chi connectivity index (χ1n) is 11.2. The van der Waals surface area contributed by atoms with Gasteiger partial charge in [-0.15, -0.1) is 0 Å². The highest BCUT2D eigenvalue weighted by Crippen LogP contribution is 2.35. The van der Waals surface area contributed by atoms with Crippen LogP contribution in [0.2, 0.25) is 0 Å². The zero-order chi connectivity index (χ0) is 23.0. The Balaban J connectivity index is 1.22. The Morgan fingerprint density at radius 3 is 2.58 bits per heavy atom. The van der Waals surface area contributed by atoms with Crippen molar-refractivity contribution in [1.29, 1.82) is 0 Å². The van der Waals surface area contributed by atoms with E-state index in [-0.39, 0.29) is 11.7 Å². The summed E-state index contributed by atoms with van der Waals surface area (Å²) in [4.78, 5) is 29.5. The summed E-state index contributed by atoms with van der Waals surface area (Å²) in [5.74, 6) is 1.43. The fourth-order valence-corrected chi connectivity index (χ4v) is 4.14. The Morgan fingerprint density at radius 2 is 1.85 bits per heavy atom. The largest absolute Gasteiger partial charge is 0.354 e. The lowest BCUT2D eigenvalue weighted by atomic mass is 9.80. The molecule has 172 valence electrons. The Kier molecular flexibility index (Phi) is 7.51. The number of nitrogens with two attached hydrogens (primary N) is 1. The topological polar surface area (TPSA) is 119 Å². The molecule has 2 aromatic heterocycles. The quantitative estimate of drug-likeness (QED) is 0.483. The molecule has 0 saturated heterocycles. The second-order valence-corrected chi connectivity index (χ2v) is 8.42. The molecule has 33 heavy (non-hydrogen) atoms. The molecule has 0 aliphatic heterocycles. The normalized spacial score (nSPS) is 19.0. The average molecular weight is 450 g/mol. The van der Waals surface area contributed by atoms with Gasteiger partial charge in [0.15, 0.2) is 5.82 Å². The molecule has 1 saturated carbocycles. The van der Waals surface area contributed by atoms with Crippen LogP contribution in [0.3, 0.4) is 0 Å². The molecule has 2 heterocycles. The van der Waals surface area contributed by atoms with Crippen LogP contribution in [0.1, 0.15) is 42.9 Å². The van der Waals surface area contributed by atoms with Crippen molar-refractivity contribution in [2.24, 2.45) is 11.7 Å². The number of rotatable bonds is 8. The molecule has 1 aliphatic carbocycles. The lowest BCUT2D eigenvalue weighted by molar-refractivity contribution is -0.122. The third kappa shape index (κ3) is 6.52. The van der Waals surface area contributed by atoms with Crippen LogP contribution in [0.25, 0.3) is 0 Å². The number of hydrogen-bond donors (Lipinski definition) is 3. The van der Waals surface area contributed by atoms with E-state index in [9.17, 15) is 9.18 Å². The van der Waals surface area contributed by atoms with Gasteiger partial charge in [0.25, 0.3) is 0 Å². The maximum absolute atomic E-state index is 13.0. The van der Waals surface area contributed by atoms with Crippen LogP contribution in [0, 0.1) is 11.7 Å². The smallest absolute Gasteiger partial charge is 0.237 e. The van der Waals surface area contributed by atoms with Gasteiger partial charge in [-0.1, -0.05) is 12.1 Å².